The van der Waals surface area contributed by atoms with Crippen molar-refractivity contribution in [1.29, 1.82) is 0 Å². The van der Waals surface area contributed by atoms with Crippen LogP contribution in [0.1, 0.15) is 11.3 Å². The van der Waals surface area contributed by atoms with Gasteiger partial charge in [0, 0.05) is 22.8 Å². The van der Waals surface area contributed by atoms with Crippen molar-refractivity contribution in [2.24, 2.45) is 10.9 Å². The number of aryl methyl sites for hydroxylation is 1. The first kappa shape index (κ1) is 9.45. The van der Waals surface area contributed by atoms with Gasteiger partial charge in [-0.15, -0.1) is 0 Å². The van der Waals surface area contributed by atoms with E-state index < -0.39 is 0 Å². The van der Waals surface area contributed by atoms with E-state index in [2.05, 4.69) is 10.1 Å². The summed E-state index contributed by atoms with van der Waals surface area (Å²) in [4.78, 5) is 4.19. The first-order valence-corrected chi connectivity index (χ1v) is 4.56. The Morgan fingerprint density at radius 1 is 1.33 bits per heavy atom. The minimum Gasteiger partial charge on any atom is -0.409 e. The van der Waals surface area contributed by atoms with Gasteiger partial charge in [-0.2, -0.15) is 0 Å². The summed E-state index contributed by atoms with van der Waals surface area (Å²) in [6, 6.07) is 7.50. The highest BCUT2D eigenvalue weighted by Gasteiger charge is 2.06. The number of fused-ring (bicyclic) bond motifs is 1. The number of oxime groups is 1. The van der Waals surface area contributed by atoms with Crippen LogP contribution < -0.4 is 5.73 Å². The quantitative estimate of drug-likeness (QED) is 0.319. The second-order valence-electron chi connectivity index (χ2n) is 3.28. The van der Waals surface area contributed by atoms with Crippen molar-refractivity contribution >= 4 is 16.6 Å². The van der Waals surface area contributed by atoms with Crippen molar-refractivity contribution in [2.75, 3.05) is 0 Å². The van der Waals surface area contributed by atoms with Crippen LogP contribution >= 0.6 is 0 Å². The molecule has 4 heteroatoms. The van der Waals surface area contributed by atoms with Crippen LogP contribution in [-0.2, 0) is 0 Å². The van der Waals surface area contributed by atoms with Crippen molar-refractivity contribution in [3.63, 3.8) is 0 Å². The molecule has 1 aromatic carbocycles. The lowest BCUT2D eigenvalue weighted by Gasteiger charge is -2.05. The van der Waals surface area contributed by atoms with Gasteiger partial charge in [-0.25, -0.2) is 0 Å². The largest absolute Gasteiger partial charge is 0.409 e. The minimum atomic E-state index is 0.117. The molecule has 0 bridgehead atoms. The van der Waals surface area contributed by atoms with Gasteiger partial charge in [0.1, 0.15) is 0 Å². The predicted molar refractivity (Wildman–Crippen MR) is 59.0 cm³/mol. The molecule has 0 aliphatic rings. The summed E-state index contributed by atoms with van der Waals surface area (Å²) in [5, 5.41) is 13.6. The van der Waals surface area contributed by atoms with Crippen LogP contribution in [0.4, 0.5) is 0 Å². The van der Waals surface area contributed by atoms with Crippen molar-refractivity contribution in [3.8, 4) is 0 Å². The van der Waals surface area contributed by atoms with Crippen LogP contribution in [0.25, 0.3) is 10.8 Å². The van der Waals surface area contributed by atoms with Gasteiger partial charge in [0.2, 0.25) is 0 Å². The molecule has 1 aromatic heterocycles. The molecule has 4 nitrogen and oxygen atoms in total. The Kier molecular flexibility index (Phi) is 2.25. The molecule has 0 fully saturated rings. The maximum absolute atomic E-state index is 8.66. The lowest BCUT2D eigenvalue weighted by atomic mass is 10.0. The Balaban J connectivity index is 2.83. The maximum atomic E-state index is 8.66. The van der Waals surface area contributed by atoms with Crippen LogP contribution in [0.15, 0.2) is 35.6 Å². The number of hydrogen-bond donors (Lipinski definition) is 2. The summed E-state index contributed by atoms with van der Waals surface area (Å²) in [7, 11) is 0. The van der Waals surface area contributed by atoms with Crippen molar-refractivity contribution in [3.05, 3.63) is 41.7 Å². The fraction of sp³-hybridized carbons (Fsp3) is 0.0909. The van der Waals surface area contributed by atoms with Crippen LogP contribution in [-0.4, -0.2) is 16.0 Å². The molecule has 0 spiro atoms. The Labute approximate surface area is 87.0 Å². The SMILES string of the molecule is Cc1nccc2c(/C(N)=N/O)cccc12. The number of hydrogen-bond acceptors (Lipinski definition) is 3. The molecule has 0 radical (unpaired) electrons. The molecule has 0 aliphatic carbocycles. The summed E-state index contributed by atoms with van der Waals surface area (Å²) in [6.07, 6.45) is 1.71. The third-order valence-corrected chi connectivity index (χ3v) is 2.39. The van der Waals surface area contributed by atoms with Gasteiger partial charge >= 0.3 is 0 Å². The first-order chi connectivity index (χ1) is 7.24. The lowest BCUT2D eigenvalue weighted by Crippen LogP contribution is -2.13. The number of amidine groups is 1. The Morgan fingerprint density at radius 3 is 2.87 bits per heavy atom. The molecule has 0 aliphatic heterocycles. The van der Waals surface area contributed by atoms with E-state index in [4.69, 9.17) is 10.9 Å². The maximum Gasteiger partial charge on any atom is 0.170 e. The zero-order valence-electron chi connectivity index (χ0n) is 8.31. The third kappa shape index (κ3) is 1.50. The zero-order valence-corrected chi connectivity index (χ0v) is 8.31. The van der Waals surface area contributed by atoms with E-state index in [0.29, 0.717) is 0 Å². The summed E-state index contributed by atoms with van der Waals surface area (Å²) in [5.41, 5.74) is 7.24. The smallest absolute Gasteiger partial charge is 0.170 e. The molecular formula is C11H11N3O. The molecule has 3 N–H and O–H groups in total. The van der Waals surface area contributed by atoms with E-state index in [1.54, 1.807) is 6.20 Å². The van der Waals surface area contributed by atoms with Gasteiger partial charge in [0.15, 0.2) is 5.84 Å². The topological polar surface area (TPSA) is 71.5 Å². The molecule has 0 saturated carbocycles. The van der Waals surface area contributed by atoms with Gasteiger partial charge in [0.25, 0.3) is 0 Å². The van der Waals surface area contributed by atoms with Gasteiger partial charge in [-0.05, 0) is 18.4 Å². The zero-order chi connectivity index (χ0) is 10.8. The summed E-state index contributed by atoms with van der Waals surface area (Å²) in [5.74, 6) is 0.117. The molecule has 15 heavy (non-hydrogen) atoms. The molecule has 0 unspecified atom stereocenters. The van der Waals surface area contributed by atoms with E-state index in [0.717, 1.165) is 22.0 Å². The number of aromatic nitrogens is 1. The number of rotatable bonds is 1. The summed E-state index contributed by atoms with van der Waals surface area (Å²) < 4.78 is 0. The van der Waals surface area contributed by atoms with Crippen molar-refractivity contribution in [1.82, 2.24) is 4.98 Å². The van der Waals surface area contributed by atoms with Crippen molar-refractivity contribution in [2.45, 2.75) is 6.92 Å². The van der Waals surface area contributed by atoms with E-state index >= 15 is 0 Å². The van der Waals surface area contributed by atoms with Crippen LogP contribution in [0, 0.1) is 6.92 Å². The van der Waals surface area contributed by atoms with E-state index in [-0.39, 0.29) is 5.84 Å². The molecule has 76 valence electrons. The van der Waals surface area contributed by atoms with Gasteiger partial charge in [0.05, 0.1) is 0 Å². The molecule has 2 aromatic rings. The summed E-state index contributed by atoms with van der Waals surface area (Å²) in [6.45, 7) is 1.93. The Hall–Kier alpha value is -2.10. The molecular weight excluding hydrogens is 190 g/mol. The van der Waals surface area contributed by atoms with Gasteiger partial charge < -0.3 is 10.9 Å². The van der Waals surface area contributed by atoms with Crippen LogP contribution in [0.2, 0.25) is 0 Å². The summed E-state index contributed by atoms with van der Waals surface area (Å²) >= 11 is 0. The van der Waals surface area contributed by atoms with E-state index in [1.807, 2.05) is 31.2 Å². The Morgan fingerprint density at radius 2 is 2.13 bits per heavy atom. The van der Waals surface area contributed by atoms with Gasteiger partial charge in [-0.1, -0.05) is 23.4 Å². The first-order valence-electron chi connectivity index (χ1n) is 4.56. The molecule has 1 heterocycles. The lowest BCUT2D eigenvalue weighted by molar-refractivity contribution is 0.318. The molecule has 0 amide bonds. The average Bonchev–Trinajstić information content (AvgIpc) is 2.28. The highest BCUT2D eigenvalue weighted by molar-refractivity contribution is 6.09. The number of pyridine rings is 1. The van der Waals surface area contributed by atoms with Crippen molar-refractivity contribution < 1.29 is 5.21 Å². The number of benzene rings is 1. The standard InChI is InChI=1S/C11H11N3O/c1-7-8-3-2-4-10(11(12)14-15)9(8)5-6-13-7/h2-6,15H,1H3,(H2,12,14). The van der Waals surface area contributed by atoms with E-state index in [1.165, 1.54) is 0 Å². The fourth-order valence-corrected chi connectivity index (χ4v) is 1.63. The molecule has 2 rings (SSSR count). The van der Waals surface area contributed by atoms with E-state index in [9.17, 15) is 0 Å². The average molecular weight is 201 g/mol. The fourth-order valence-electron chi connectivity index (χ4n) is 1.63. The molecule has 0 saturated heterocycles. The number of nitrogens with zero attached hydrogens (tertiary/aromatic N) is 2. The highest BCUT2D eigenvalue weighted by atomic mass is 16.4. The monoisotopic (exact) mass is 201 g/mol. The Bertz CT molecular complexity index is 534. The van der Waals surface area contributed by atoms with Crippen LogP contribution in [0.5, 0.6) is 0 Å². The highest BCUT2D eigenvalue weighted by Crippen LogP contribution is 2.20. The predicted octanol–water partition coefficient (Wildman–Crippen LogP) is 1.64. The second kappa shape index (κ2) is 3.57. The van der Waals surface area contributed by atoms with Crippen LogP contribution in [0.3, 0.4) is 0 Å². The minimum absolute atomic E-state index is 0.117. The van der Waals surface area contributed by atoms with Gasteiger partial charge in [-0.3, -0.25) is 4.98 Å². The third-order valence-electron chi connectivity index (χ3n) is 2.39. The number of nitrogens with two attached hydrogens (primary N) is 1. The normalized spacial score (nSPS) is 11.9. The molecule has 0 atom stereocenters. The second-order valence-corrected chi connectivity index (χ2v) is 3.28.